The number of aromatic nitrogens is 1. The van der Waals surface area contributed by atoms with Crippen LogP contribution in [0.4, 0.5) is 0 Å². The van der Waals surface area contributed by atoms with E-state index in [1.54, 1.807) is 0 Å². The number of nitrogens with zero attached hydrogens (tertiary/aromatic N) is 2. The monoisotopic (exact) mass is 235 g/mol. The summed E-state index contributed by atoms with van der Waals surface area (Å²) in [4.78, 5) is 6.67. The van der Waals surface area contributed by atoms with E-state index in [2.05, 4.69) is 48.2 Å². The quantitative estimate of drug-likeness (QED) is 0.734. The first-order chi connectivity index (χ1) is 8.13. The average Bonchev–Trinajstić information content (AvgIpc) is 2.35. The molecular formula is C14H25N3. The van der Waals surface area contributed by atoms with Gasteiger partial charge in [0.05, 0.1) is 0 Å². The van der Waals surface area contributed by atoms with Crippen molar-refractivity contribution in [3.05, 3.63) is 29.6 Å². The Labute approximate surface area is 105 Å². The Kier molecular flexibility index (Phi) is 6.16. The highest BCUT2D eigenvalue weighted by Crippen LogP contribution is 2.00. The van der Waals surface area contributed by atoms with Crippen LogP contribution in [-0.4, -0.2) is 36.1 Å². The number of rotatable bonds is 7. The van der Waals surface area contributed by atoms with Crippen LogP contribution in [-0.2, 0) is 6.54 Å². The first-order valence-corrected chi connectivity index (χ1v) is 6.46. The number of likely N-dealkylation sites (N-methyl/N-ethyl adjacent to an activating group) is 1. The van der Waals surface area contributed by atoms with Crippen LogP contribution in [0.15, 0.2) is 18.3 Å². The summed E-state index contributed by atoms with van der Waals surface area (Å²) in [6.07, 6.45) is 3.15. The lowest BCUT2D eigenvalue weighted by Crippen LogP contribution is -2.34. The van der Waals surface area contributed by atoms with E-state index >= 15 is 0 Å². The van der Waals surface area contributed by atoms with Gasteiger partial charge in [-0.3, -0.25) is 4.98 Å². The van der Waals surface area contributed by atoms with E-state index in [0.29, 0.717) is 6.04 Å². The summed E-state index contributed by atoms with van der Waals surface area (Å²) in [5, 5.41) is 3.45. The molecule has 0 bridgehead atoms. The van der Waals surface area contributed by atoms with Crippen molar-refractivity contribution in [3.63, 3.8) is 0 Å². The van der Waals surface area contributed by atoms with Crippen LogP contribution in [0.5, 0.6) is 0 Å². The van der Waals surface area contributed by atoms with E-state index < -0.39 is 0 Å². The normalized spacial score (nSPS) is 13.0. The summed E-state index contributed by atoms with van der Waals surface area (Å²) in [5.74, 6) is 0. The van der Waals surface area contributed by atoms with E-state index in [9.17, 15) is 0 Å². The van der Waals surface area contributed by atoms with Gasteiger partial charge in [-0.15, -0.1) is 0 Å². The molecular weight excluding hydrogens is 210 g/mol. The molecule has 96 valence electrons. The number of pyridine rings is 1. The minimum Gasteiger partial charge on any atom is -0.311 e. The number of hydrogen-bond acceptors (Lipinski definition) is 3. The van der Waals surface area contributed by atoms with E-state index in [4.69, 9.17) is 0 Å². The van der Waals surface area contributed by atoms with Crippen molar-refractivity contribution < 1.29 is 0 Å². The predicted octanol–water partition coefficient (Wildman–Crippen LogP) is 2.21. The Morgan fingerprint density at radius 1 is 1.41 bits per heavy atom. The highest BCUT2D eigenvalue weighted by atomic mass is 15.1. The van der Waals surface area contributed by atoms with Crippen molar-refractivity contribution >= 4 is 0 Å². The van der Waals surface area contributed by atoms with Gasteiger partial charge in [0.2, 0.25) is 0 Å². The van der Waals surface area contributed by atoms with Gasteiger partial charge in [0.25, 0.3) is 0 Å². The van der Waals surface area contributed by atoms with Gasteiger partial charge in [-0.05, 0) is 38.9 Å². The summed E-state index contributed by atoms with van der Waals surface area (Å²) >= 11 is 0. The first kappa shape index (κ1) is 14.1. The SMILES string of the molecule is CCC(C)N(C)CCNCc1ccc(C)nc1. The van der Waals surface area contributed by atoms with Crippen molar-refractivity contribution in [3.8, 4) is 0 Å². The average molecular weight is 235 g/mol. The summed E-state index contributed by atoms with van der Waals surface area (Å²) in [5.41, 5.74) is 2.33. The molecule has 0 spiro atoms. The van der Waals surface area contributed by atoms with Crippen molar-refractivity contribution in [1.82, 2.24) is 15.2 Å². The Bertz CT molecular complexity index is 308. The molecule has 1 rings (SSSR count). The van der Waals surface area contributed by atoms with Gasteiger partial charge in [0.1, 0.15) is 0 Å². The molecule has 0 saturated heterocycles. The van der Waals surface area contributed by atoms with Gasteiger partial charge < -0.3 is 10.2 Å². The van der Waals surface area contributed by atoms with Crippen molar-refractivity contribution in [2.24, 2.45) is 0 Å². The third-order valence-corrected chi connectivity index (χ3v) is 3.29. The summed E-state index contributed by atoms with van der Waals surface area (Å²) in [6, 6.07) is 4.86. The molecule has 3 nitrogen and oxygen atoms in total. The van der Waals surface area contributed by atoms with Gasteiger partial charge in [-0.2, -0.15) is 0 Å². The van der Waals surface area contributed by atoms with Gasteiger partial charge in [0, 0.05) is 37.6 Å². The van der Waals surface area contributed by atoms with E-state index in [0.717, 1.165) is 25.3 Å². The zero-order valence-corrected chi connectivity index (χ0v) is 11.5. The smallest absolute Gasteiger partial charge is 0.0372 e. The zero-order chi connectivity index (χ0) is 12.7. The summed E-state index contributed by atoms with van der Waals surface area (Å²) < 4.78 is 0. The fourth-order valence-electron chi connectivity index (χ4n) is 1.62. The number of nitrogens with one attached hydrogen (secondary N) is 1. The largest absolute Gasteiger partial charge is 0.311 e. The van der Waals surface area contributed by atoms with Crippen LogP contribution in [0.25, 0.3) is 0 Å². The molecule has 0 aliphatic carbocycles. The van der Waals surface area contributed by atoms with Crippen LogP contribution in [0.2, 0.25) is 0 Å². The lowest BCUT2D eigenvalue weighted by atomic mass is 10.2. The van der Waals surface area contributed by atoms with Crippen LogP contribution in [0.1, 0.15) is 31.5 Å². The standard InChI is InChI=1S/C14H25N3/c1-5-13(3)17(4)9-8-15-10-14-7-6-12(2)16-11-14/h6-7,11,13,15H,5,8-10H2,1-4H3. The highest BCUT2D eigenvalue weighted by molar-refractivity contribution is 5.12. The molecule has 1 aromatic rings. The van der Waals surface area contributed by atoms with Crippen LogP contribution in [0, 0.1) is 6.92 Å². The fraction of sp³-hybridized carbons (Fsp3) is 0.643. The maximum Gasteiger partial charge on any atom is 0.0372 e. The van der Waals surface area contributed by atoms with E-state index in [1.807, 2.05) is 13.1 Å². The second-order valence-electron chi connectivity index (χ2n) is 4.72. The Hall–Kier alpha value is -0.930. The van der Waals surface area contributed by atoms with Gasteiger partial charge in [-0.25, -0.2) is 0 Å². The van der Waals surface area contributed by atoms with Crippen LogP contribution in [0.3, 0.4) is 0 Å². The van der Waals surface area contributed by atoms with Crippen LogP contribution < -0.4 is 5.32 Å². The molecule has 1 atom stereocenters. The Morgan fingerprint density at radius 2 is 2.18 bits per heavy atom. The molecule has 1 N–H and O–H groups in total. The van der Waals surface area contributed by atoms with Gasteiger partial charge in [-0.1, -0.05) is 13.0 Å². The molecule has 1 unspecified atom stereocenters. The molecule has 0 amide bonds. The third kappa shape index (κ3) is 5.29. The van der Waals surface area contributed by atoms with Crippen molar-refractivity contribution in [1.29, 1.82) is 0 Å². The van der Waals surface area contributed by atoms with E-state index in [1.165, 1.54) is 12.0 Å². The number of hydrogen-bond donors (Lipinski definition) is 1. The molecule has 0 aliphatic heterocycles. The minimum absolute atomic E-state index is 0.665. The lowest BCUT2D eigenvalue weighted by molar-refractivity contribution is 0.251. The second-order valence-corrected chi connectivity index (χ2v) is 4.72. The maximum atomic E-state index is 4.28. The lowest BCUT2D eigenvalue weighted by Gasteiger charge is -2.23. The van der Waals surface area contributed by atoms with Crippen molar-refractivity contribution in [2.45, 2.75) is 39.8 Å². The molecule has 1 heterocycles. The molecule has 17 heavy (non-hydrogen) atoms. The van der Waals surface area contributed by atoms with Gasteiger partial charge in [0.15, 0.2) is 0 Å². The molecule has 1 aromatic heterocycles. The summed E-state index contributed by atoms with van der Waals surface area (Å²) in [7, 11) is 2.18. The molecule has 0 saturated carbocycles. The zero-order valence-electron chi connectivity index (χ0n) is 11.5. The molecule has 0 fully saturated rings. The predicted molar refractivity (Wildman–Crippen MR) is 73.1 cm³/mol. The van der Waals surface area contributed by atoms with Crippen molar-refractivity contribution in [2.75, 3.05) is 20.1 Å². The van der Waals surface area contributed by atoms with Crippen LogP contribution >= 0.6 is 0 Å². The fourth-order valence-corrected chi connectivity index (χ4v) is 1.62. The first-order valence-electron chi connectivity index (χ1n) is 6.46. The second kappa shape index (κ2) is 7.41. The Morgan fingerprint density at radius 3 is 2.76 bits per heavy atom. The highest BCUT2D eigenvalue weighted by Gasteiger charge is 2.05. The summed E-state index contributed by atoms with van der Waals surface area (Å²) in [6.45, 7) is 9.53. The molecule has 0 aliphatic rings. The molecule has 0 radical (unpaired) electrons. The van der Waals surface area contributed by atoms with Gasteiger partial charge >= 0.3 is 0 Å². The molecule has 0 aromatic carbocycles. The Balaban J connectivity index is 2.18. The minimum atomic E-state index is 0.665. The number of aryl methyl sites for hydroxylation is 1. The maximum absolute atomic E-state index is 4.28. The topological polar surface area (TPSA) is 28.2 Å². The molecule has 3 heteroatoms. The van der Waals surface area contributed by atoms with E-state index in [-0.39, 0.29) is 0 Å². The third-order valence-electron chi connectivity index (χ3n) is 3.29.